The van der Waals surface area contributed by atoms with E-state index < -0.39 is 0 Å². The average molecular weight is 168 g/mol. The Hall–Kier alpha value is -0.780. The van der Waals surface area contributed by atoms with Crippen molar-refractivity contribution in [1.29, 1.82) is 0 Å². The summed E-state index contributed by atoms with van der Waals surface area (Å²) in [5.41, 5.74) is 3.76. The summed E-state index contributed by atoms with van der Waals surface area (Å²) in [6.45, 7) is -0.162. The Morgan fingerprint density at radius 2 is 0.667 bits per heavy atom. The summed E-state index contributed by atoms with van der Waals surface area (Å²) in [5, 5.41) is 0. The quantitative estimate of drug-likeness (QED) is 0.556. The second-order valence-corrected chi connectivity index (χ2v) is 2.87. The van der Waals surface area contributed by atoms with Crippen LogP contribution in [-0.2, 0) is 0 Å². The third kappa shape index (κ3) is 1.16. The fraction of sp³-hybridized carbons (Fsp3) is 0.500. The number of hydrogen-bond acceptors (Lipinski definition) is 0. The van der Waals surface area contributed by atoms with Crippen LogP contribution in [0.5, 0.6) is 0 Å². The highest BCUT2D eigenvalue weighted by Crippen LogP contribution is 2.24. The first-order chi connectivity index (χ1) is 8.69. The normalized spacial score (nSPS) is 17.0. The van der Waals surface area contributed by atoms with E-state index in [0.717, 1.165) is 0 Å². The summed E-state index contributed by atoms with van der Waals surface area (Å²) < 4.78 is 45.4. The van der Waals surface area contributed by atoms with Crippen LogP contribution in [0.4, 0.5) is 0 Å². The van der Waals surface area contributed by atoms with Crippen LogP contribution < -0.4 is 0 Å². The van der Waals surface area contributed by atoms with Gasteiger partial charge in [-0.1, -0.05) is 0 Å². The van der Waals surface area contributed by atoms with Gasteiger partial charge in [-0.3, -0.25) is 0 Å². The van der Waals surface area contributed by atoms with E-state index in [1.54, 1.807) is 0 Å². The van der Waals surface area contributed by atoms with Gasteiger partial charge >= 0.3 is 0 Å². The Bertz CT molecular complexity index is 295. The Morgan fingerprint density at radius 3 is 0.750 bits per heavy atom. The summed E-state index contributed by atoms with van der Waals surface area (Å²) in [6, 6.07) is 0. The highest BCUT2D eigenvalue weighted by atomic mass is 14.1. The van der Waals surface area contributed by atoms with Crippen LogP contribution in [-0.4, -0.2) is 0 Å². The van der Waals surface area contributed by atoms with Gasteiger partial charge in [0.1, 0.15) is 0 Å². The van der Waals surface area contributed by atoms with Gasteiger partial charge < -0.3 is 0 Å². The van der Waals surface area contributed by atoms with Gasteiger partial charge in [0.15, 0.2) is 0 Å². The monoisotopic (exact) mass is 168 g/mol. The zero-order valence-electron chi connectivity index (χ0n) is 13.2. The lowest BCUT2D eigenvalue weighted by Gasteiger charge is -2.15. The van der Waals surface area contributed by atoms with Gasteiger partial charge in [0.05, 0.1) is 0 Å². The van der Waals surface area contributed by atoms with E-state index in [4.69, 9.17) is 8.22 Å². The largest absolute Gasteiger partial charge is 0.0447 e. The maximum absolute atomic E-state index is 7.57. The topological polar surface area (TPSA) is 0 Å². The number of rotatable bonds is 0. The molecule has 0 saturated carbocycles. The van der Waals surface area contributed by atoms with Gasteiger partial charge in [-0.2, -0.15) is 0 Å². The van der Waals surface area contributed by atoms with Crippen molar-refractivity contribution < 1.29 is 8.22 Å². The standard InChI is InChI=1S/C12H18/c1-7-8(2)10(4)12(6)11(5)9(7)3/h1-6H3/i1D,2D,3D,4D,5D,6D. The van der Waals surface area contributed by atoms with Gasteiger partial charge in [0.2, 0.25) is 0 Å². The molecule has 0 fully saturated rings. The predicted molar refractivity (Wildman–Crippen MR) is 54.9 cm³/mol. The molecule has 0 aliphatic heterocycles. The summed E-state index contributed by atoms with van der Waals surface area (Å²) >= 11 is 0. The van der Waals surface area contributed by atoms with E-state index in [9.17, 15) is 0 Å². The third-order valence-electron chi connectivity index (χ3n) is 2.19. The molecule has 0 aliphatic rings. The molecule has 0 aliphatic carbocycles. The van der Waals surface area contributed by atoms with Gasteiger partial charge in [-0.25, -0.2) is 0 Å². The number of hydrogen-bond donors (Lipinski definition) is 0. The second-order valence-electron chi connectivity index (χ2n) is 2.87. The molecule has 0 N–H and O–H groups in total. The van der Waals surface area contributed by atoms with Crippen LogP contribution in [0.25, 0.3) is 0 Å². The highest BCUT2D eigenvalue weighted by molar-refractivity contribution is 5.48. The van der Waals surface area contributed by atoms with Crippen molar-refractivity contribution in [2.24, 2.45) is 0 Å². The minimum absolute atomic E-state index is 0.0271. The van der Waals surface area contributed by atoms with Crippen molar-refractivity contribution in [1.82, 2.24) is 0 Å². The molecule has 0 amide bonds. The fourth-order valence-electron chi connectivity index (χ4n) is 1.09. The summed E-state index contributed by atoms with van der Waals surface area (Å²) in [7, 11) is 0. The van der Waals surface area contributed by atoms with Crippen molar-refractivity contribution >= 4 is 0 Å². The summed E-state index contributed by atoms with van der Waals surface area (Å²) in [6.07, 6.45) is 0. The SMILES string of the molecule is [2H]Cc1c(C[2H])c(C[2H])c(C[2H])c(C[2H])c1C[2H]. The molecule has 0 unspecified atom stereocenters. The van der Waals surface area contributed by atoms with E-state index in [-0.39, 0.29) is 41.4 Å². The smallest absolute Gasteiger partial charge is 0.0280 e. The molecule has 0 nitrogen and oxygen atoms in total. The zero-order chi connectivity index (χ0) is 13.7. The Balaban J connectivity index is 3.71. The molecule has 0 aromatic heterocycles. The van der Waals surface area contributed by atoms with E-state index in [0.29, 0.717) is 33.4 Å². The molecule has 1 aromatic carbocycles. The van der Waals surface area contributed by atoms with Crippen LogP contribution in [0.3, 0.4) is 0 Å². The maximum atomic E-state index is 7.57. The Morgan fingerprint density at radius 1 is 0.500 bits per heavy atom. The number of benzene rings is 1. The van der Waals surface area contributed by atoms with Crippen molar-refractivity contribution in [3.8, 4) is 0 Å². The molecular formula is C12H18. The summed E-state index contributed by atoms with van der Waals surface area (Å²) in [5.74, 6) is 0. The van der Waals surface area contributed by atoms with Gasteiger partial charge in [0, 0.05) is 8.22 Å². The second kappa shape index (κ2) is 2.93. The lowest BCUT2D eigenvalue weighted by molar-refractivity contribution is 1.13. The first-order valence-corrected chi connectivity index (χ1v) is 3.62. The van der Waals surface area contributed by atoms with Gasteiger partial charge in [-0.15, -0.1) is 0 Å². The van der Waals surface area contributed by atoms with Crippen molar-refractivity contribution in [2.75, 3.05) is 0 Å². The molecule has 12 heavy (non-hydrogen) atoms. The lowest BCUT2D eigenvalue weighted by atomic mass is 9.90. The molecule has 0 spiro atoms. The summed E-state index contributed by atoms with van der Waals surface area (Å²) in [4.78, 5) is 0. The van der Waals surface area contributed by atoms with Crippen LogP contribution in [0.1, 0.15) is 41.6 Å². The van der Waals surface area contributed by atoms with Crippen LogP contribution in [0.15, 0.2) is 0 Å². The van der Waals surface area contributed by atoms with Crippen molar-refractivity contribution in [2.45, 2.75) is 41.4 Å². The van der Waals surface area contributed by atoms with E-state index in [2.05, 4.69) is 0 Å². The minimum Gasteiger partial charge on any atom is -0.0447 e. The van der Waals surface area contributed by atoms with Crippen LogP contribution >= 0.6 is 0 Å². The first-order valence-electron chi connectivity index (χ1n) is 7.86. The van der Waals surface area contributed by atoms with Crippen molar-refractivity contribution in [3.63, 3.8) is 0 Å². The predicted octanol–water partition coefficient (Wildman–Crippen LogP) is 3.54. The van der Waals surface area contributed by atoms with Gasteiger partial charge in [-0.05, 0) is 74.8 Å². The minimum atomic E-state index is -0.0271. The fourth-order valence-corrected chi connectivity index (χ4v) is 1.09. The molecule has 66 valence electrons. The molecular weight excluding hydrogens is 144 g/mol. The molecule has 0 bridgehead atoms. The molecule has 0 heteroatoms. The van der Waals surface area contributed by atoms with E-state index in [1.165, 1.54) is 0 Å². The lowest BCUT2D eigenvalue weighted by Crippen LogP contribution is -1.98. The van der Waals surface area contributed by atoms with Gasteiger partial charge in [0.25, 0.3) is 0 Å². The first kappa shape index (κ1) is 3.95. The van der Waals surface area contributed by atoms with Crippen LogP contribution in [0.2, 0.25) is 0 Å². The third-order valence-corrected chi connectivity index (χ3v) is 2.19. The Kier molecular flexibility index (Phi) is 0.965. The molecule has 0 saturated heterocycles. The molecule has 0 atom stereocenters. The molecule has 0 radical (unpaired) electrons. The zero-order valence-corrected chi connectivity index (χ0v) is 7.24. The highest BCUT2D eigenvalue weighted by Gasteiger charge is 2.07. The Labute approximate surface area is 84.1 Å². The maximum Gasteiger partial charge on any atom is 0.0280 e. The van der Waals surface area contributed by atoms with E-state index >= 15 is 0 Å². The van der Waals surface area contributed by atoms with Crippen molar-refractivity contribution in [3.05, 3.63) is 33.4 Å². The van der Waals surface area contributed by atoms with E-state index in [1.807, 2.05) is 0 Å². The average Bonchev–Trinajstić information content (AvgIpc) is 2.43. The molecule has 1 aromatic rings. The molecule has 1 rings (SSSR count). The molecule has 0 heterocycles. The van der Waals surface area contributed by atoms with Crippen LogP contribution in [0, 0.1) is 41.4 Å².